The van der Waals surface area contributed by atoms with Gasteiger partial charge < -0.3 is 13.7 Å². The minimum absolute atomic E-state index is 1.12. The summed E-state index contributed by atoms with van der Waals surface area (Å²) in [7, 11) is 0. The molecule has 0 radical (unpaired) electrons. The third-order valence-electron chi connectivity index (χ3n) is 11.4. The zero-order valence-corrected chi connectivity index (χ0v) is 29.9. The maximum atomic E-state index is 2.52. The number of benzene rings is 8. The maximum absolute atomic E-state index is 2.52. The Hall–Kier alpha value is -6.40. The number of hydrogen-bond donors (Lipinski definition) is 0. The number of fused-ring (bicyclic) bond motifs is 15. The van der Waals surface area contributed by atoms with Crippen LogP contribution in [0.15, 0.2) is 164 Å². The van der Waals surface area contributed by atoms with Crippen LogP contribution in [0.1, 0.15) is 0 Å². The van der Waals surface area contributed by atoms with Crippen molar-refractivity contribution in [1.29, 1.82) is 0 Å². The van der Waals surface area contributed by atoms with E-state index in [9.17, 15) is 0 Å². The summed E-state index contributed by atoms with van der Waals surface area (Å²) in [6.45, 7) is 0. The summed E-state index contributed by atoms with van der Waals surface area (Å²) >= 11 is 3.73. The minimum Gasteiger partial charge on any atom is -0.310 e. The Morgan fingerprint density at radius 1 is 0.302 bits per heavy atom. The van der Waals surface area contributed by atoms with E-state index in [1.54, 1.807) is 0 Å². The summed E-state index contributed by atoms with van der Waals surface area (Å²) in [5.41, 5.74) is 10.8. The van der Waals surface area contributed by atoms with E-state index < -0.39 is 0 Å². The van der Waals surface area contributed by atoms with Crippen LogP contribution in [0.2, 0.25) is 0 Å². The average Bonchev–Trinajstić information content (AvgIpc) is 3.96. The lowest BCUT2D eigenvalue weighted by atomic mass is 10.1. The predicted octanol–water partition coefficient (Wildman–Crippen LogP) is 14.4. The maximum Gasteiger partial charge on any atom is 0.0789 e. The molecule has 0 atom stereocenters. The zero-order chi connectivity index (χ0) is 34.4. The first-order valence-electron chi connectivity index (χ1n) is 18.0. The highest BCUT2D eigenvalue weighted by Gasteiger charge is 2.23. The molecule has 8 aromatic carbocycles. The predicted molar refractivity (Wildman–Crippen MR) is 230 cm³/mol. The molecule has 0 saturated heterocycles. The van der Waals surface area contributed by atoms with Crippen LogP contribution in [0.5, 0.6) is 0 Å². The van der Waals surface area contributed by atoms with Crippen LogP contribution in [0.3, 0.4) is 0 Å². The highest BCUT2D eigenvalue weighted by molar-refractivity contribution is 7.26. The molecule has 0 aliphatic rings. The molecule has 5 heteroatoms. The Morgan fingerprint density at radius 2 is 0.736 bits per heavy atom. The second kappa shape index (κ2) is 10.1. The largest absolute Gasteiger partial charge is 0.310 e. The number of rotatable bonds is 3. The molecule has 0 unspecified atom stereocenters. The van der Waals surface area contributed by atoms with Crippen molar-refractivity contribution in [2.75, 3.05) is 4.90 Å². The van der Waals surface area contributed by atoms with E-state index in [0.717, 1.165) is 17.1 Å². The smallest absolute Gasteiger partial charge is 0.0789 e. The number of anilines is 3. The molecule has 0 bridgehead atoms. The van der Waals surface area contributed by atoms with Gasteiger partial charge in [-0.1, -0.05) is 84.9 Å². The van der Waals surface area contributed by atoms with Crippen molar-refractivity contribution in [2.45, 2.75) is 0 Å². The summed E-state index contributed by atoms with van der Waals surface area (Å²) < 4.78 is 10.3. The van der Waals surface area contributed by atoms with E-state index in [1.807, 2.05) is 22.7 Å². The van der Waals surface area contributed by atoms with E-state index in [0.29, 0.717) is 0 Å². The Bertz CT molecular complexity index is 3540. The number of para-hydroxylation sites is 2. The van der Waals surface area contributed by atoms with E-state index in [2.05, 4.69) is 177 Å². The van der Waals surface area contributed by atoms with Gasteiger partial charge in [-0.05, 0) is 78.9 Å². The van der Waals surface area contributed by atoms with Crippen LogP contribution in [0.4, 0.5) is 17.1 Å². The molecular formula is C48H27N3S2. The highest BCUT2D eigenvalue weighted by Crippen LogP contribution is 2.46. The van der Waals surface area contributed by atoms with Gasteiger partial charge in [0.1, 0.15) is 0 Å². The quantitative estimate of drug-likeness (QED) is 0.166. The molecule has 0 aliphatic carbocycles. The lowest BCUT2D eigenvalue weighted by molar-refractivity contribution is 1.24. The second-order valence-corrected chi connectivity index (χ2v) is 16.3. The van der Waals surface area contributed by atoms with Crippen LogP contribution in [0, 0.1) is 0 Å². The summed E-state index contributed by atoms with van der Waals surface area (Å²) in [5.74, 6) is 0. The van der Waals surface area contributed by atoms with Crippen molar-refractivity contribution in [3.8, 4) is 0 Å². The highest BCUT2D eigenvalue weighted by atomic mass is 32.1. The van der Waals surface area contributed by atoms with Gasteiger partial charge in [0, 0.05) is 79.0 Å². The van der Waals surface area contributed by atoms with Gasteiger partial charge in [0.25, 0.3) is 0 Å². The first-order chi connectivity index (χ1) is 26.3. The van der Waals surface area contributed by atoms with Crippen LogP contribution < -0.4 is 4.90 Å². The fraction of sp³-hybridized carbons (Fsp3) is 0. The van der Waals surface area contributed by atoms with Gasteiger partial charge in [-0.25, -0.2) is 0 Å². The molecule has 53 heavy (non-hydrogen) atoms. The Morgan fingerprint density at radius 3 is 1.30 bits per heavy atom. The second-order valence-electron chi connectivity index (χ2n) is 14.1. The molecule has 0 fully saturated rings. The molecule has 13 rings (SSSR count). The third kappa shape index (κ3) is 3.67. The summed E-state index contributed by atoms with van der Waals surface area (Å²) in [6.07, 6.45) is 0. The Balaban J connectivity index is 1.16. The molecule has 5 aromatic heterocycles. The van der Waals surface area contributed by atoms with Gasteiger partial charge in [-0.3, -0.25) is 0 Å². The molecule has 0 aliphatic heterocycles. The van der Waals surface area contributed by atoms with Gasteiger partial charge in [-0.2, -0.15) is 0 Å². The zero-order valence-electron chi connectivity index (χ0n) is 28.2. The summed E-state index contributed by atoms with van der Waals surface area (Å²) in [5, 5.41) is 10.3. The molecule has 0 N–H and O–H groups in total. The third-order valence-corrected chi connectivity index (χ3v) is 13.7. The van der Waals surface area contributed by atoms with Crippen LogP contribution >= 0.6 is 22.7 Å². The summed E-state index contributed by atoms with van der Waals surface area (Å²) in [4.78, 5) is 2.46. The average molecular weight is 710 g/mol. The normalized spacial score (nSPS) is 12.5. The number of aromatic nitrogens is 2. The molecule has 0 amide bonds. The summed E-state index contributed by atoms with van der Waals surface area (Å²) in [6, 6.07) is 61.0. The van der Waals surface area contributed by atoms with Crippen molar-refractivity contribution < 1.29 is 0 Å². The molecule has 3 nitrogen and oxygen atoms in total. The molecular weight excluding hydrogens is 683 g/mol. The van der Waals surface area contributed by atoms with E-state index >= 15 is 0 Å². The number of thiophene rings is 2. The van der Waals surface area contributed by atoms with Gasteiger partial charge in [0.05, 0.1) is 33.1 Å². The minimum atomic E-state index is 1.12. The van der Waals surface area contributed by atoms with Crippen molar-refractivity contribution >= 4 is 135 Å². The fourth-order valence-electron chi connectivity index (χ4n) is 9.17. The fourth-order valence-corrected chi connectivity index (χ4v) is 11.3. The van der Waals surface area contributed by atoms with E-state index in [-0.39, 0.29) is 0 Å². The molecule has 0 saturated carbocycles. The SMILES string of the molecule is c1ccc2c(c1)sc1ccc(N(c3ccc4sc5ccccc5c4c3)c3ccc4c(c3)n3c5ccccc5c5ccc6c7ccccc7n4c6c53)cc12. The Kier molecular flexibility index (Phi) is 5.40. The van der Waals surface area contributed by atoms with Gasteiger partial charge in [0.15, 0.2) is 0 Å². The lowest BCUT2D eigenvalue weighted by Gasteiger charge is -2.26. The monoisotopic (exact) mass is 709 g/mol. The van der Waals surface area contributed by atoms with Crippen LogP contribution in [-0.4, -0.2) is 8.80 Å². The lowest BCUT2D eigenvalue weighted by Crippen LogP contribution is -2.10. The Labute approximate surface area is 310 Å². The van der Waals surface area contributed by atoms with Gasteiger partial charge >= 0.3 is 0 Å². The number of nitrogens with zero attached hydrogens (tertiary/aromatic N) is 3. The first kappa shape index (κ1) is 28.2. The molecule has 5 heterocycles. The van der Waals surface area contributed by atoms with Crippen molar-refractivity contribution in [3.05, 3.63) is 164 Å². The van der Waals surface area contributed by atoms with Crippen molar-refractivity contribution in [3.63, 3.8) is 0 Å². The number of hydrogen-bond acceptors (Lipinski definition) is 3. The first-order valence-corrected chi connectivity index (χ1v) is 19.6. The van der Waals surface area contributed by atoms with Gasteiger partial charge in [-0.15, -0.1) is 22.7 Å². The van der Waals surface area contributed by atoms with Crippen molar-refractivity contribution in [2.24, 2.45) is 0 Å². The molecule has 0 spiro atoms. The van der Waals surface area contributed by atoms with Crippen LogP contribution in [-0.2, 0) is 0 Å². The molecule has 13 aromatic rings. The topological polar surface area (TPSA) is 12.1 Å². The molecule has 246 valence electrons. The standard InChI is InChI=1S/C48H27N3S2/c1-5-13-39-31(9-1)35-20-21-36-32-10-2-6-14-40(32)51-42-27-30(17-22-41(42)50(39)47(35)48(36)51)49(28-18-23-45-37(25-28)33-11-3-7-15-43(33)52-45)29-19-24-46-38(26-29)34-12-4-8-16-44(34)53-46/h1-27H. The van der Waals surface area contributed by atoms with E-state index in [4.69, 9.17) is 0 Å². The van der Waals surface area contributed by atoms with E-state index in [1.165, 1.54) is 95.0 Å². The van der Waals surface area contributed by atoms with Crippen molar-refractivity contribution in [1.82, 2.24) is 8.80 Å². The van der Waals surface area contributed by atoms with Crippen LogP contribution in [0.25, 0.3) is 95.0 Å². The van der Waals surface area contributed by atoms with Gasteiger partial charge in [0.2, 0.25) is 0 Å².